The second-order valence-corrected chi connectivity index (χ2v) is 15.0. The third kappa shape index (κ3) is 4.97. The molecule has 6 nitrogen and oxygen atoms in total. The monoisotopic (exact) mass is 546 g/mol. The summed E-state index contributed by atoms with van der Waals surface area (Å²) in [5, 5.41) is 29.2. The van der Waals surface area contributed by atoms with Crippen LogP contribution in [0.3, 0.4) is 0 Å². The molecule has 14 atom stereocenters. The average molecular weight is 547 g/mol. The minimum atomic E-state index is -0.460. The van der Waals surface area contributed by atoms with E-state index in [0.717, 1.165) is 49.9 Å². The van der Waals surface area contributed by atoms with Crippen LogP contribution >= 0.6 is 0 Å². The van der Waals surface area contributed by atoms with E-state index < -0.39 is 12.4 Å². The molecule has 2 saturated heterocycles. The molecule has 6 rings (SSSR count). The predicted molar refractivity (Wildman–Crippen MR) is 150 cm³/mol. The van der Waals surface area contributed by atoms with Gasteiger partial charge in [0.05, 0.1) is 37.1 Å². The maximum Gasteiger partial charge on any atom is 0.160 e. The number of fused-ring (bicyclic) bond motifs is 7. The van der Waals surface area contributed by atoms with Gasteiger partial charge < -0.3 is 29.5 Å². The fraction of sp³-hybridized carbons (Fsp3) is 0.939. The molecule has 6 heteroatoms. The topological polar surface area (TPSA) is 88.4 Å². The molecular formula is C33H54O6. The van der Waals surface area contributed by atoms with Crippen LogP contribution < -0.4 is 0 Å². The van der Waals surface area contributed by atoms with E-state index >= 15 is 0 Å². The molecule has 222 valence electrons. The van der Waals surface area contributed by atoms with E-state index in [-0.39, 0.29) is 30.8 Å². The number of hydrogen-bond donors (Lipinski definition) is 3. The van der Waals surface area contributed by atoms with E-state index in [1.807, 2.05) is 0 Å². The van der Waals surface area contributed by atoms with E-state index in [1.165, 1.54) is 25.7 Å². The Labute approximate surface area is 235 Å². The molecule has 0 aromatic rings. The summed E-state index contributed by atoms with van der Waals surface area (Å²) in [6, 6.07) is 0. The minimum absolute atomic E-state index is 0.0664. The van der Waals surface area contributed by atoms with Crippen LogP contribution in [0.4, 0.5) is 0 Å². The molecule has 0 radical (unpaired) electrons. The van der Waals surface area contributed by atoms with E-state index in [4.69, 9.17) is 14.2 Å². The Morgan fingerprint density at radius 2 is 1.90 bits per heavy atom. The first-order valence-corrected chi connectivity index (χ1v) is 16.2. The van der Waals surface area contributed by atoms with Crippen LogP contribution in [0.5, 0.6) is 0 Å². The smallest absolute Gasteiger partial charge is 0.160 e. The van der Waals surface area contributed by atoms with Gasteiger partial charge in [0.1, 0.15) is 0 Å². The van der Waals surface area contributed by atoms with Gasteiger partial charge in [0.25, 0.3) is 0 Å². The Morgan fingerprint density at radius 3 is 2.67 bits per heavy atom. The van der Waals surface area contributed by atoms with Gasteiger partial charge in [0.15, 0.2) is 6.29 Å². The normalized spacial score (nSPS) is 51.9. The van der Waals surface area contributed by atoms with Gasteiger partial charge in [0, 0.05) is 19.4 Å². The van der Waals surface area contributed by atoms with Crippen molar-refractivity contribution in [3.05, 3.63) is 11.6 Å². The molecule has 0 amide bonds. The second-order valence-electron chi connectivity index (χ2n) is 15.0. The van der Waals surface area contributed by atoms with Crippen LogP contribution in [0.25, 0.3) is 0 Å². The molecule has 2 aliphatic heterocycles. The van der Waals surface area contributed by atoms with E-state index in [2.05, 4.69) is 33.8 Å². The summed E-state index contributed by atoms with van der Waals surface area (Å²) in [4.78, 5) is 0. The first kappa shape index (κ1) is 28.6. The molecule has 0 aromatic carbocycles. The van der Waals surface area contributed by atoms with Crippen LogP contribution in [0, 0.1) is 46.3 Å². The van der Waals surface area contributed by atoms with E-state index in [1.54, 1.807) is 5.57 Å². The van der Waals surface area contributed by atoms with Crippen molar-refractivity contribution in [1.29, 1.82) is 0 Å². The summed E-state index contributed by atoms with van der Waals surface area (Å²) >= 11 is 0. The van der Waals surface area contributed by atoms with Crippen LogP contribution in [0.2, 0.25) is 0 Å². The molecular weight excluding hydrogens is 492 g/mol. The Morgan fingerprint density at radius 1 is 1.08 bits per heavy atom. The number of hydrogen-bond acceptors (Lipinski definition) is 6. The summed E-state index contributed by atoms with van der Waals surface area (Å²) in [6.45, 7) is 9.97. The second kappa shape index (κ2) is 11.0. The molecule has 5 fully saturated rings. The number of aliphatic hydroxyl groups is 3. The van der Waals surface area contributed by atoms with Gasteiger partial charge in [-0.2, -0.15) is 0 Å². The zero-order valence-corrected chi connectivity index (χ0v) is 24.8. The maximum absolute atomic E-state index is 10.2. The molecule has 0 spiro atoms. The zero-order chi connectivity index (χ0) is 27.5. The van der Waals surface area contributed by atoms with Gasteiger partial charge in [-0.15, -0.1) is 0 Å². The Balaban J connectivity index is 1.12. The third-order valence-electron chi connectivity index (χ3n) is 12.8. The predicted octanol–water partition coefficient (Wildman–Crippen LogP) is 5.23. The highest BCUT2D eigenvalue weighted by Gasteiger charge is 2.65. The SMILES string of the molecule is C[C@@H](CO)CCC1OC2CC3C4CC=C5C[C@@H](O[C@H]6C[C@@H](O)C[C@@H](CO)O6)CC[C@]5(C)C4CC[C@]3(C)C2[C@@H]1C. The highest BCUT2D eigenvalue weighted by Crippen LogP contribution is 2.69. The highest BCUT2D eigenvalue weighted by molar-refractivity contribution is 5.26. The van der Waals surface area contributed by atoms with Crippen LogP contribution in [0.15, 0.2) is 11.6 Å². The molecule has 6 unspecified atom stereocenters. The summed E-state index contributed by atoms with van der Waals surface area (Å²) < 4.78 is 19.1. The van der Waals surface area contributed by atoms with E-state index in [9.17, 15) is 15.3 Å². The largest absolute Gasteiger partial charge is 0.396 e. The number of ether oxygens (including phenoxy) is 3. The molecule has 39 heavy (non-hydrogen) atoms. The van der Waals surface area contributed by atoms with Crippen LogP contribution in [0.1, 0.15) is 98.3 Å². The van der Waals surface area contributed by atoms with Gasteiger partial charge in [0.2, 0.25) is 0 Å². The summed E-state index contributed by atoms with van der Waals surface area (Å²) in [6.07, 6.45) is 13.7. The summed E-state index contributed by atoms with van der Waals surface area (Å²) in [7, 11) is 0. The van der Waals surface area contributed by atoms with Crippen molar-refractivity contribution in [3.8, 4) is 0 Å². The minimum Gasteiger partial charge on any atom is -0.396 e. The standard InChI is InChI=1S/C33H54O6/c1-19(17-34)5-8-28-20(2)31-29(39-28)16-27-25-7-6-21-13-23(37-30-15-22(36)14-24(18-35)38-30)9-11-32(21,3)26(25)10-12-33(27,31)4/h6,19-20,22-31,34-36H,5,7-18H2,1-4H3/t19-,20-,22+,23+,24+,25?,26?,27?,28?,29?,30-,31?,32+,33+/m1/s1. The fourth-order valence-corrected chi connectivity index (χ4v) is 10.7. The molecule has 0 aromatic heterocycles. The third-order valence-corrected chi connectivity index (χ3v) is 12.8. The van der Waals surface area contributed by atoms with Crippen molar-refractivity contribution in [3.63, 3.8) is 0 Å². The Bertz CT molecular complexity index is 907. The van der Waals surface area contributed by atoms with Crippen molar-refractivity contribution < 1.29 is 29.5 Å². The first-order valence-electron chi connectivity index (χ1n) is 16.2. The Hall–Kier alpha value is -0.500. The summed E-state index contributed by atoms with van der Waals surface area (Å²) in [5.41, 5.74) is 2.24. The van der Waals surface area contributed by atoms with Crippen LogP contribution in [-0.4, -0.2) is 65.3 Å². The molecule has 3 saturated carbocycles. The zero-order valence-electron chi connectivity index (χ0n) is 24.8. The van der Waals surface area contributed by atoms with Crippen molar-refractivity contribution in [2.75, 3.05) is 13.2 Å². The molecule has 6 aliphatic rings. The maximum atomic E-state index is 10.2. The van der Waals surface area contributed by atoms with E-state index in [0.29, 0.717) is 48.2 Å². The van der Waals surface area contributed by atoms with Gasteiger partial charge in [-0.05, 0) is 104 Å². The average Bonchev–Trinajstić information content (AvgIpc) is 3.39. The molecule has 3 N–H and O–H groups in total. The Kier molecular flexibility index (Phi) is 8.04. The van der Waals surface area contributed by atoms with Gasteiger partial charge in [-0.1, -0.05) is 39.3 Å². The summed E-state index contributed by atoms with van der Waals surface area (Å²) in [5.74, 6) is 3.90. The molecule has 0 bridgehead atoms. The molecule has 4 aliphatic carbocycles. The van der Waals surface area contributed by atoms with Gasteiger partial charge in [-0.25, -0.2) is 0 Å². The van der Waals surface area contributed by atoms with Crippen LogP contribution in [-0.2, 0) is 14.2 Å². The molecule has 2 heterocycles. The number of aliphatic hydroxyl groups excluding tert-OH is 3. The lowest BCUT2D eigenvalue weighted by atomic mass is 9.47. The van der Waals surface area contributed by atoms with Crippen molar-refractivity contribution in [1.82, 2.24) is 0 Å². The van der Waals surface area contributed by atoms with Crippen molar-refractivity contribution in [2.24, 2.45) is 46.3 Å². The van der Waals surface area contributed by atoms with Gasteiger partial charge in [-0.3, -0.25) is 0 Å². The van der Waals surface area contributed by atoms with Crippen molar-refractivity contribution in [2.45, 2.75) is 135 Å². The van der Waals surface area contributed by atoms with Gasteiger partial charge >= 0.3 is 0 Å². The fourth-order valence-electron chi connectivity index (χ4n) is 10.7. The quantitative estimate of drug-likeness (QED) is 0.379. The van der Waals surface area contributed by atoms with Crippen molar-refractivity contribution >= 4 is 0 Å². The number of rotatable bonds is 7. The first-order chi connectivity index (χ1) is 18.7. The highest BCUT2D eigenvalue weighted by atomic mass is 16.7. The lowest BCUT2D eigenvalue weighted by Gasteiger charge is -2.58. The lowest BCUT2D eigenvalue weighted by Crippen LogP contribution is -2.51. The number of allylic oxidation sites excluding steroid dienone is 1. The lowest BCUT2D eigenvalue weighted by molar-refractivity contribution is -0.242.